The smallest absolute Gasteiger partial charge is 0.175 e. The van der Waals surface area contributed by atoms with Gasteiger partial charge in [0, 0.05) is 25.4 Å². The van der Waals surface area contributed by atoms with Crippen molar-refractivity contribution in [3.05, 3.63) is 35.4 Å². The van der Waals surface area contributed by atoms with E-state index in [2.05, 4.69) is 11.9 Å². The molecule has 1 heterocycles. The van der Waals surface area contributed by atoms with Crippen LogP contribution in [0.25, 0.3) is 0 Å². The molecule has 0 bridgehead atoms. The zero-order valence-electron chi connectivity index (χ0n) is 11.2. The van der Waals surface area contributed by atoms with Gasteiger partial charge in [-0.25, -0.2) is 0 Å². The second kappa shape index (κ2) is 6.03. The van der Waals surface area contributed by atoms with Crippen molar-refractivity contribution in [2.75, 3.05) is 19.3 Å². The topological polar surface area (TPSA) is 35.8 Å². The van der Waals surface area contributed by atoms with Crippen LogP contribution in [0.1, 0.15) is 24.5 Å². The van der Waals surface area contributed by atoms with E-state index in [4.69, 9.17) is 12.2 Å². The SMILES string of the molecule is CCCN1C(=S)SCC1(O)c1ccc(C=NC)cc1. The second-order valence-electron chi connectivity index (χ2n) is 4.53. The summed E-state index contributed by atoms with van der Waals surface area (Å²) < 4.78 is 0.781. The van der Waals surface area contributed by atoms with Gasteiger partial charge in [0.05, 0.1) is 5.75 Å². The van der Waals surface area contributed by atoms with Crippen LogP contribution in [0.5, 0.6) is 0 Å². The number of thiocarbonyl (C=S) groups is 1. The predicted octanol–water partition coefficient (Wildman–Crippen LogP) is 2.62. The molecule has 1 aromatic rings. The van der Waals surface area contributed by atoms with E-state index in [-0.39, 0.29) is 0 Å². The molecule has 3 nitrogen and oxygen atoms in total. The average Bonchev–Trinajstić information content (AvgIpc) is 2.70. The van der Waals surface area contributed by atoms with Crippen LogP contribution in [0.15, 0.2) is 29.3 Å². The lowest BCUT2D eigenvalue weighted by atomic mass is 10.0. The highest BCUT2D eigenvalue weighted by Crippen LogP contribution is 2.39. The third kappa shape index (κ3) is 2.83. The number of benzene rings is 1. The maximum atomic E-state index is 10.9. The number of hydrogen-bond acceptors (Lipinski definition) is 4. The number of nitrogens with zero attached hydrogens (tertiary/aromatic N) is 2. The van der Waals surface area contributed by atoms with Gasteiger partial charge in [0.1, 0.15) is 4.32 Å². The number of aliphatic hydroxyl groups is 1. The van der Waals surface area contributed by atoms with Gasteiger partial charge < -0.3 is 10.0 Å². The molecule has 1 aliphatic rings. The molecule has 2 rings (SSSR count). The average molecular weight is 294 g/mol. The molecule has 1 fully saturated rings. The van der Waals surface area contributed by atoms with Gasteiger partial charge in [-0.3, -0.25) is 4.99 Å². The molecule has 1 atom stereocenters. The minimum atomic E-state index is -0.973. The summed E-state index contributed by atoms with van der Waals surface area (Å²) in [7, 11) is 1.75. The summed E-state index contributed by atoms with van der Waals surface area (Å²) in [4.78, 5) is 5.91. The van der Waals surface area contributed by atoms with Crippen LogP contribution in [0, 0.1) is 0 Å². The zero-order valence-corrected chi connectivity index (χ0v) is 12.8. The Balaban J connectivity index is 2.30. The first kappa shape index (κ1) is 14.5. The minimum Gasteiger partial charge on any atom is -0.366 e. The monoisotopic (exact) mass is 294 g/mol. The van der Waals surface area contributed by atoms with Crippen molar-refractivity contribution in [2.45, 2.75) is 19.1 Å². The number of hydrogen-bond donors (Lipinski definition) is 1. The summed E-state index contributed by atoms with van der Waals surface area (Å²) >= 11 is 6.87. The van der Waals surface area contributed by atoms with Gasteiger partial charge in [0.25, 0.3) is 0 Å². The van der Waals surface area contributed by atoms with E-state index in [1.165, 1.54) is 0 Å². The molecule has 0 aromatic heterocycles. The summed E-state index contributed by atoms with van der Waals surface area (Å²) in [5, 5.41) is 10.9. The lowest BCUT2D eigenvalue weighted by Gasteiger charge is -2.34. The fraction of sp³-hybridized carbons (Fsp3) is 0.429. The number of rotatable bonds is 4. The van der Waals surface area contributed by atoms with Crippen LogP contribution < -0.4 is 0 Å². The van der Waals surface area contributed by atoms with E-state index in [0.29, 0.717) is 5.75 Å². The Morgan fingerprint density at radius 3 is 2.74 bits per heavy atom. The van der Waals surface area contributed by atoms with E-state index in [1.54, 1.807) is 25.0 Å². The Bertz CT molecular complexity index is 487. The van der Waals surface area contributed by atoms with Gasteiger partial charge >= 0.3 is 0 Å². The molecule has 0 saturated carbocycles. The number of aliphatic imine (C=N–C) groups is 1. The normalized spacial score (nSPS) is 23.5. The van der Waals surface area contributed by atoms with E-state index in [0.717, 1.165) is 28.4 Å². The highest BCUT2D eigenvalue weighted by atomic mass is 32.2. The minimum absolute atomic E-state index is 0.590. The Morgan fingerprint density at radius 1 is 1.47 bits per heavy atom. The summed E-state index contributed by atoms with van der Waals surface area (Å²) in [6.45, 7) is 2.87. The Hall–Kier alpha value is -0.910. The standard InChI is InChI=1S/C14H18N2OS2/c1-3-8-16-13(18)19-10-14(16,17)12-6-4-11(5-7-12)9-15-2/h4-7,9,17H,3,8,10H2,1-2H3. The van der Waals surface area contributed by atoms with Crippen LogP contribution in [-0.2, 0) is 5.72 Å². The molecule has 1 unspecified atom stereocenters. The third-order valence-corrected chi connectivity index (χ3v) is 4.75. The Labute approximate surface area is 123 Å². The van der Waals surface area contributed by atoms with Gasteiger partial charge in [0.15, 0.2) is 5.72 Å². The molecule has 5 heteroatoms. The van der Waals surface area contributed by atoms with Crippen molar-refractivity contribution in [3.63, 3.8) is 0 Å². The van der Waals surface area contributed by atoms with Gasteiger partial charge in [-0.15, -0.1) is 0 Å². The molecule has 1 N–H and O–H groups in total. The summed E-state index contributed by atoms with van der Waals surface area (Å²) in [5.74, 6) is 0.590. The van der Waals surface area contributed by atoms with Crippen molar-refractivity contribution >= 4 is 34.5 Å². The van der Waals surface area contributed by atoms with Crippen molar-refractivity contribution in [1.29, 1.82) is 0 Å². The molecular formula is C14H18N2OS2. The summed E-state index contributed by atoms with van der Waals surface area (Å²) in [6, 6.07) is 7.84. The van der Waals surface area contributed by atoms with Crippen LogP contribution in [-0.4, -0.2) is 39.9 Å². The van der Waals surface area contributed by atoms with Crippen LogP contribution in [0.3, 0.4) is 0 Å². The zero-order chi connectivity index (χ0) is 13.9. The van der Waals surface area contributed by atoms with Crippen molar-refractivity contribution in [3.8, 4) is 0 Å². The highest BCUT2D eigenvalue weighted by molar-refractivity contribution is 8.23. The molecule has 102 valence electrons. The Morgan fingerprint density at radius 2 is 2.16 bits per heavy atom. The third-order valence-electron chi connectivity index (χ3n) is 3.16. The van der Waals surface area contributed by atoms with Gasteiger partial charge in [-0.2, -0.15) is 0 Å². The van der Waals surface area contributed by atoms with E-state index in [1.807, 2.05) is 29.2 Å². The van der Waals surface area contributed by atoms with Gasteiger partial charge in [-0.1, -0.05) is 55.2 Å². The first-order chi connectivity index (χ1) is 9.11. The fourth-order valence-electron chi connectivity index (χ4n) is 2.19. The quantitative estimate of drug-likeness (QED) is 0.684. The highest BCUT2D eigenvalue weighted by Gasteiger charge is 2.43. The van der Waals surface area contributed by atoms with E-state index < -0.39 is 5.72 Å². The van der Waals surface area contributed by atoms with Crippen molar-refractivity contribution in [2.24, 2.45) is 4.99 Å². The molecule has 0 radical (unpaired) electrons. The molecule has 1 saturated heterocycles. The fourth-order valence-corrected chi connectivity index (χ4v) is 3.66. The molecule has 1 aliphatic heterocycles. The lowest BCUT2D eigenvalue weighted by molar-refractivity contribution is -0.0464. The molecule has 0 amide bonds. The molecular weight excluding hydrogens is 276 g/mol. The van der Waals surface area contributed by atoms with Crippen LogP contribution >= 0.6 is 24.0 Å². The predicted molar refractivity (Wildman–Crippen MR) is 85.9 cm³/mol. The second-order valence-corrected chi connectivity index (χ2v) is 6.14. The largest absolute Gasteiger partial charge is 0.366 e. The van der Waals surface area contributed by atoms with E-state index in [9.17, 15) is 5.11 Å². The molecule has 19 heavy (non-hydrogen) atoms. The first-order valence-electron chi connectivity index (χ1n) is 6.31. The lowest BCUT2D eigenvalue weighted by Crippen LogP contribution is -2.44. The molecule has 0 aliphatic carbocycles. The van der Waals surface area contributed by atoms with Gasteiger partial charge in [0.2, 0.25) is 0 Å². The van der Waals surface area contributed by atoms with Crippen LogP contribution in [0.2, 0.25) is 0 Å². The summed E-state index contributed by atoms with van der Waals surface area (Å²) in [5.41, 5.74) is 0.950. The molecule has 1 aromatic carbocycles. The van der Waals surface area contributed by atoms with Crippen molar-refractivity contribution in [1.82, 2.24) is 4.90 Å². The Kier molecular flexibility index (Phi) is 4.60. The summed E-state index contributed by atoms with van der Waals surface area (Å²) in [6.07, 6.45) is 2.76. The van der Waals surface area contributed by atoms with Gasteiger partial charge in [-0.05, 0) is 12.0 Å². The van der Waals surface area contributed by atoms with Crippen LogP contribution in [0.4, 0.5) is 0 Å². The maximum Gasteiger partial charge on any atom is 0.175 e. The van der Waals surface area contributed by atoms with E-state index >= 15 is 0 Å². The van der Waals surface area contributed by atoms with Crippen molar-refractivity contribution < 1.29 is 5.11 Å². The number of thioether (sulfide) groups is 1. The maximum absolute atomic E-state index is 10.9. The molecule has 0 spiro atoms. The first-order valence-corrected chi connectivity index (χ1v) is 7.70.